The summed E-state index contributed by atoms with van der Waals surface area (Å²) in [7, 11) is 1.66. The number of nitrogens with zero attached hydrogens (tertiary/aromatic N) is 4. The normalized spacial score (nSPS) is 18.2. The highest BCUT2D eigenvalue weighted by molar-refractivity contribution is 6.07. The minimum atomic E-state index is -0.00339. The first kappa shape index (κ1) is 23.7. The summed E-state index contributed by atoms with van der Waals surface area (Å²) in [6.45, 7) is 8.66. The first-order valence-electron chi connectivity index (χ1n) is 12.3. The molecule has 4 rings (SSSR count). The van der Waals surface area contributed by atoms with E-state index in [9.17, 15) is 9.59 Å². The molecule has 2 aromatic rings. The van der Waals surface area contributed by atoms with Crippen molar-refractivity contribution in [3.63, 3.8) is 0 Å². The topological polar surface area (TPSA) is 79.7 Å². The van der Waals surface area contributed by atoms with Crippen molar-refractivity contribution in [3.05, 3.63) is 24.0 Å². The molecule has 1 aromatic heterocycles. The Morgan fingerprint density at radius 1 is 1.12 bits per heavy atom. The van der Waals surface area contributed by atoms with Crippen molar-refractivity contribution in [2.75, 3.05) is 45.2 Å². The largest absolute Gasteiger partial charge is 0.383 e. The van der Waals surface area contributed by atoms with Crippen LogP contribution in [-0.4, -0.2) is 77.1 Å². The van der Waals surface area contributed by atoms with Crippen LogP contribution in [0.25, 0.3) is 11.0 Å². The van der Waals surface area contributed by atoms with Crippen LogP contribution in [0.2, 0.25) is 0 Å². The van der Waals surface area contributed by atoms with Crippen LogP contribution < -0.4 is 5.32 Å². The molecular weight excluding hydrogens is 418 g/mol. The maximum Gasteiger partial charge on any atom is 0.256 e. The van der Waals surface area contributed by atoms with Crippen LogP contribution in [0.4, 0.5) is 5.69 Å². The third kappa shape index (κ3) is 5.38. The Morgan fingerprint density at radius 2 is 1.85 bits per heavy atom. The molecule has 0 radical (unpaired) electrons. The van der Waals surface area contributed by atoms with E-state index in [1.54, 1.807) is 13.4 Å². The monoisotopic (exact) mass is 455 g/mol. The molecule has 33 heavy (non-hydrogen) atoms. The summed E-state index contributed by atoms with van der Waals surface area (Å²) in [6, 6.07) is 4.20. The predicted octanol–water partition coefficient (Wildman–Crippen LogP) is 3.37. The van der Waals surface area contributed by atoms with Gasteiger partial charge in [-0.1, -0.05) is 19.3 Å². The molecule has 0 atom stereocenters. The van der Waals surface area contributed by atoms with E-state index >= 15 is 0 Å². The van der Waals surface area contributed by atoms with E-state index in [1.165, 1.54) is 6.42 Å². The van der Waals surface area contributed by atoms with Crippen molar-refractivity contribution < 1.29 is 14.3 Å². The van der Waals surface area contributed by atoms with Gasteiger partial charge in [0, 0.05) is 57.5 Å². The fourth-order valence-corrected chi connectivity index (χ4v) is 5.02. The molecule has 8 heteroatoms. The first-order valence-corrected chi connectivity index (χ1v) is 12.3. The fraction of sp³-hybridized carbons (Fsp3) is 0.640. The Hall–Kier alpha value is -2.45. The van der Waals surface area contributed by atoms with Gasteiger partial charge in [-0.2, -0.15) is 0 Å². The summed E-state index contributed by atoms with van der Waals surface area (Å²) in [4.78, 5) is 35.4. The van der Waals surface area contributed by atoms with Crippen molar-refractivity contribution in [2.24, 2.45) is 5.92 Å². The highest BCUT2D eigenvalue weighted by Crippen LogP contribution is 2.28. The maximum atomic E-state index is 13.7. The molecule has 1 saturated heterocycles. The summed E-state index contributed by atoms with van der Waals surface area (Å²) >= 11 is 0. The minimum Gasteiger partial charge on any atom is -0.383 e. The number of rotatable bonds is 7. The first-order chi connectivity index (χ1) is 16.0. The summed E-state index contributed by atoms with van der Waals surface area (Å²) in [5.74, 6) is 0.102. The molecule has 1 aliphatic carbocycles. The second-order valence-corrected chi connectivity index (χ2v) is 9.57. The van der Waals surface area contributed by atoms with Gasteiger partial charge in [-0.05, 0) is 38.8 Å². The van der Waals surface area contributed by atoms with Gasteiger partial charge in [0.1, 0.15) is 0 Å². The number of carbonyl (C=O) groups is 2. The smallest absolute Gasteiger partial charge is 0.256 e. The summed E-state index contributed by atoms with van der Waals surface area (Å²) in [5.41, 5.74) is 2.77. The van der Waals surface area contributed by atoms with Gasteiger partial charge in [0.05, 0.1) is 29.5 Å². The second-order valence-electron chi connectivity index (χ2n) is 9.57. The zero-order valence-corrected chi connectivity index (χ0v) is 20.2. The Bertz CT molecular complexity index is 972. The lowest BCUT2D eigenvalue weighted by atomic mass is 9.88. The lowest BCUT2D eigenvalue weighted by molar-refractivity contribution is -0.120. The maximum absolute atomic E-state index is 13.7. The van der Waals surface area contributed by atoms with Gasteiger partial charge >= 0.3 is 0 Å². The number of imidazole rings is 1. The van der Waals surface area contributed by atoms with Crippen molar-refractivity contribution >= 4 is 28.5 Å². The van der Waals surface area contributed by atoms with Gasteiger partial charge in [-0.25, -0.2) is 4.98 Å². The van der Waals surface area contributed by atoms with E-state index in [-0.39, 0.29) is 17.7 Å². The van der Waals surface area contributed by atoms with E-state index in [0.29, 0.717) is 43.5 Å². The number of carbonyl (C=O) groups excluding carboxylic acids is 2. The molecule has 180 valence electrons. The quantitative estimate of drug-likeness (QED) is 0.693. The van der Waals surface area contributed by atoms with Crippen LogP contribution in [0, 0.1) is 5.92 Å². The number of hydrogen-bond acceptors (Lipinski definition) is 5. The number of anilines is 1. The molecule has 2 heterocycles. The standard InChI is InChI=1S/C25H37N5O3/c1-18(2)28-9-11-29(12-10-28)25(32)21-15-20(27-24(31)19-7-5-4-6-8-19)16-22-23(21)30(17-26-22)13-14-33-3/h15-19H,4-14H2,1-3H3,(H,27,31). The van der Waals surface area contributed by atoms with Crippen LogP contribution in [-0.2, 0) is 16.1 Å². The van der Waals surface area contributed by atoms with E-state index in [0.717, 1.165) is 49.8 Å². The van der Waals surface area contributed by atoms with Crippen molar-refractivity contribution in [2.45, 2.75) is 58.5 Å². The Labute approximate surface area is 196 Å². The van der Waals surface area contributed by atoms with Crippen LogP contribution in [0.1, 0.15) is 56.3 Å². The summed E-state index contributed by atoms with van der Waals surface area (Å²) < 4.78 is 7.23. The molecule has 0 unspecified atom stereocenters. The number of methoxy groups -OCH3 is 1. The highest BCUT2D eigenvalue weighted by Gasteiger charge is 2.27. The average Bonchev–Trinajstić information content (AvgIpc) is 3.25. The van der Waals surface area contributed by atoms with E-state index < -0.39 is 0 Å². The predicted molar refractivity (Wildman–Crippen MR) is 129 cm³/mol. The minimum absolute atomic E-state index is 0.00339. The van der Waals surface area contributed by atoms with Crippen LogP contribution in [0.3, 0.4) is 0 Å². The molecule has 0 bridgehead atoms. The molecular formula is C25H37N5O3. The highest BCUT2D eigenvalue weighted by atomic mass is 16.5. The molecule has 1 N–H and O–H groups in total. The van der Waals surface area contributed by atoms with Gasteiger partial charge < -0.3 is 19.5 Å². The number of benzene rings is 1. The van der Waals surface area contributed by atoms with Gasteiger partial charge in [-0.3, -0.25) is 14.5 Å². The summed E-state index contributed by atoms with van der Waals surface area (Å²) in [5, 5.41) is 3.08. The van der Waals surface area contributed by atoms with Gasteiger partial charge in [-0.15, -0.1) is 0 Å². The lowest BCUT2D eigenvalue weighted by Crippen LogP contribution is -2.50. The third-order valence-corrected chi connectivity index (χ3v) is 7.06. The molecule has 1 saturated carbocycles. The zero-order chi connectivity index (χ0) is 23.4. The van der Waals surface area contributed by atoms with Gasteiger partial charge in [0.15, 0.2) is 0 Å². The number of aromatic nitrogens is 2. The van der Waals surface area contributed by atoms with Crippen LogP contribution in [0.15, 0.2) is 18.5 Å². The molecule has 2 fully saturated rings. The summed E-state index contributed by atoms with van der Waals surface area (Å²) in [6.07, 6.45) is 7.04. The molecule has 0 spiro atoms. The van der Waals surface area contributed by atoms with Crippen molar-refractivity contribution in [1.29, 1.82) is 0 Å². The lowest BCUT2D eigenvalue weighted by Gasteiger charge is -2.37. The van der Waals surface area contributed by atoms with E-state index in [4.69, 9.17) is 4.74 Å². The zero-order valence-electron chi connectivity index (χ0n) is 20.2. The Morgan fingerprint density at radius 3 is 2.52 bits per heavy atom. The van der Waals surface area contributed by atoms with Gasteiger partial charge in [0.2, 0.25) is 5.91 Å². The second kappa shape index (κ2) is 10.7. The average molecular weight is 456 g/mol. The number of amides is 2. The fourth-order valence-electron chi connectivity index (χ4n) is 5.02. The van der Waals surface area contributed by atoms with E-state index in [2.05, 4.69) is 29.0 Å². The SMILES string of the molecule is COCCn1cnc2cc(NC(=O)C3CCCCC3)cc(C(=O)N3CCN(C(C)C)CC3)c21. The Kier molecular flexibility index (Phi) is 7.65. The molecule has 2 amide bonds. The van der Waals surface area contributed by atoms with Crippen molar-refractivity contribution in [3.8, 4) is 0 Å². The number of piperazine rings is 1. The van der Waals surface area contributed by atoms with Crippen LogP contribution >= 0.6 is 0 Å². The van der Waals surface area contributed by atoms with Gasteiger partial charge in [0.25, 0.3) is 5.91 Å². The molecule has 8 nitrogen and oxygen atoms in total. The number of nitrogens with one attached hydrogen (secondary N) is 1. The number of hydrogen-bond donors (Lipinski definition) is 1. The molecule has 1 aromatic carbocycles. The number of fused-ring (bicyclic) bond motifs is 1. The molecule has 1 aliphatic heterocycles. The van der Waals surface area contributed by atoms with Crippen LogP contribution in [0.5, 0.6) is 0 Å². The molecule has 2 aliphatic rings. The Balaban J connectivity index is 1.62. The number of ether oxygens (including phenoxy) is 1. The third-order valence-electron chi connectivity index (χ3n) is 7.06. The van der Waals surface area contributed by atoms with Crippen molar-refractivity contribution in [1.82, 2.24) is 19.4 Å². The van der Waals surface area contributed by atoms with E-state index in [1.807, 2.05) is 21.6 Å².